The van der Waals surface area contributed by atoms with E-state index in [1.54, 1.807) is 37.3 Å². The molecule has 3 aromatic rings. The Morgan fingerprint density at radius 2 is 2.00 bits per heavy atom. The first-order valence-electron chi connectivity index (χ1n) is 13.8. The number of hydrogen-bond acceptors (Lipinski definition) is 7. The van der Waals surface area contributed by atoms with Gasteiger partial charge in [-0.05, 0) is 54.2 Å². The number of hydrogen-bond donors (Lipinski definition) is 1. The number of carboxylic acids is 1. The minimum Gasteiger partial charge on any atom is -0.481 e. The number of pyridine rings is 1. The van der Waals surface area contributed by atoms with Crippen LogP contribution in [0.1, 0.15) is 50.5 Å². The number of nitrogens with zero attached hydrogens (tertiary/aromatic N) is 4. The fourth-order valence-electron chi connectivity index (χ4n) is 5.84. The maximum atomic E-state index is 13.5. The Morgan fingerprint density at radius 1 is 1.22 bits per heavy atom. The van der Waals surface area contributed by atoms with Gasteiger partial charge in [0, 0.05) is 49.1 Å². The van der Waals surface area contributed by atoms with E-state index >= 15 is 0 Å². The molecule has 0 radical (unpaired) electrons. The Morgan fingerprint density at radius 3 is 2.73 bits per heavy atom. The van der Waals surface area contributed by atoms with Crippen molar-refractivity contribution in [3.63, 3.8) is 0 Å². The average molecular weight is 581 g/mol. The second kappa shape index (κ2) is 12.3. The van der Waals surface area contributed by atoms with Crippen molar-refractivity contribution < 1.29 is 28.6 Å². The number of alkyl halides is 1. The van der Waals surface area contributed by atoms with E-state index < -0.39 is 18.7 Å². The lowest BCUT2D eigenvalue weighted by atomic mass is 9.90. The fraction of sp³-hybridized carbons (Fsp3) is 0.433. The van der Waals surface area contributed by atoms with Gasteiger partial charge >= 0.3 is 5.97 Å². The number of carbonyl (C=O) groups excluding carboxylic acids is 2. The molecule has 216 valence electrons. The third-order valence-corrected chi connectivity index (χ3v) is 8.93. The Bertz CT molecular complexity index is 1450. The predicted octanol–water partition coefficient (Wildman–Crippen LogP) is 5.72. The van der Waals surface area contributed by atoms with Gasteiger partial charge < -0.3 is 9.84 Å². The number of benzene rings is 1. The highest BCUT2D eigenvalue weighted by atomic mass is 32.1. The van der Waals surface area contributed by atoms with E-state index in [9.17, 15) is 23.9 Å². The number of amides is 2. The number of thiazole rings is 1. The van der Waals surface area contributed by atoms with Crippen molar-refractivity contribution in [1.82, 2.24) is 9.97 Å². The molecular formula is C30H33FN4O5S. The van der Waals surface area contributed by atoms with Crippen molar-refractivity contribution in [3.05, 3.63) is 41.4 Å². The third kappa shape index (κ3) is 6.24. The van der Waals surface area contributed by atoms with Crippen molar-refractivity contribution in [1.29, 1.82) is 0 Å². The average Bonchev–Trinajstić information content (AvgIpc) is 3.66. The number of aliphatic carboxylic acids is 1. The number of carboxylic acid groups (broad SMARTS) is 1. The minimum absolute atomic E-state index is 0.0219. The SMILES string of the molecule is CN(C(=O)C(CC(=O)O)CC1CCCC1)c1nc(-c2cc(OCF)ccc2-c2cnc3c(c2)CCC(=O)N3C)cs1. The van der Waals surface area contributed by atoms with Crippen molar-refractivity contribution in [2.45, 2.75) is 51.4 Å². The first-order chi connectivity index (χ1) is 19.7. The van der Waals surface area contributed by atoms with E-state index in [1.165, 1.54) is 16.2 Å². The van der Waals surface area contributed by atoms with Gasteiger partial charge in [0.2, 0.25) is 18.7 Å². The number of carbonyl (C=O) groups is 3. The highest BCUT2D eigenvalue weighted by Gasteiger charge is 2.31. The van der Waals surface area contributed by atoms with E-state index in [2.05, 4.69) is 4.98 Å². The summed E-state index contributed by atoms with van der Waals surface area (Å²) in [5.41, 5.74) is 3.80. The van der Waals surface area contributed by atoms with Gasteiger partial charge in [-0.15, -0.1) is 11.3 Å². The lowest BCUT2D eigenvalue weighted by Gasteiger charge is -2.25. The molecule has 1 aliphatic carbocycles. The standard InChI is InChI=1S/C30H33FN4O5S/c1-34-26(36)10-7-19-12-21(15-32-28(19)34)23-9-8-22(40-17-31)14-24(23)25-16-41-30(33-25)35(2)29(39)20(13-27(37)38)11-18-5-3-4-6-18/h8-9,12,14-16,18,20H,3-7,10-11,13,17H2,1-2H3,(H,37,38). The van der Waals surface area contributed by atoms with Crippen LogP contribution in [0.3, 0.4) is 0 Å². The number of aromatic nitrogens is 2. The van der Waals surface area contributed by atoms with E-state index in [-0.39, 0.29) is 18.2 Å². The van der Waals surface area contributed by atoms with Crippen LogP contribution in [0.5, 0.6) is 5.75 Å². The summed E-state index contributed by atoms with van der Waals surface area (Å²) in [6.07, 6.45) is 7.33. The maximum absolute atomic E-state index is 13.5. The molecule has 1 unspecified atom stereocenters. The quantitative estimate of drug-likeness (QED) is 0.326. The molecule has 2 aromatic heterocycles. The smallest absolute Gasteiger partial charge is 0.304 e. The van der Waals surface area contributed by atoms with Crippen LogP contribution in [0.25, 0.3) is 22.4 Å². The molecule has 5 rings (SSSR count). The van der Waals surface area contributed by atoms with Crippen molar-refractivity contribution in [2.75, 3.05) is 30.8 Å². The zero-order chi connectivity index (χ0) is 29.1. The molecule has 1 fully saturated rings. The number of rotatable bonds is 10. The van der Waals surface area contributed by atoms with E-state index in [0.717, 1.165) is 42.4 Å². The van der Waals surface area contributed by atoms with E-state index in [4.69, 9.17) is 9.72 Å². The van der Waals surface area contributed by atoms with Gasteiger partial charge in [-0.25, -0.2) is 14.4 Å². The Hall–Kier alpha value is -3.86. The largest absolute Gasteiger partial charge is 0.481 e. The summed E-state index contributed by atoms with van der Waals surface area (Å²) in [4.78, 5) is 49.5. The summed E-state index contributed by atoms with van der Waals surface area (Å²) in [5.74, 6) is -0.503. The molecular weight excluding hydrogens is 547 g/mol. The molecule has 11 heteroatoms. The lowest BCUT2D eigenvalue weighted by Crippen LogP contribution is -2.35. The molecule has 1 aliphatic heterocycles. The van der Waals surface area contributed by atoms with Gasteiger partial charge in [0.1, 0.15) is 11.6 Å². The molecule has 9 nitrogen and oxygen atoms in total. The number of aryl methyl sites for hydroxylation is 1. The van der Waals surface area contributed by atoms with E-state index in [0.29, 0.717) is 53.1 Å². The van der Waals surface area contributed by atoms with Gasteiger partial charge in [0.25, 0.3) is 0 Å². The zero-order valence-corrected chi connectivity index (χ0v) is 24.0. The number of anilines is 2. The van der Waals surface area contributed by atoms with Crippen LogP contribution in [-0.2, 0) is 20.8 Å². The van der Waals surface area contributed by atoms with E-state index in [1.807, 2.05) is 17.5 Å². The highest BCUT2D eigenvalue weighted by Crippen LogP contribution is 2.39. The Balaban J connectivity index is 1.46. The molecule has 2 amide bonds. The number of fused-ring (bicyclic) bond motifs is 1. The van der Waals surface area contributed by atoms with Crippen LogP contribution in [0.4, 0.5) is 15.3 Å². The van der Waals surface area contributed by atoms with Crippen LogP contribution in [-0.4, -0.2) is 53.8 Å². The van der Waals surface area contributed by atoms with Gasteiger partial charge in [0.05, 0.1) is 12.1 Å². The fourth-order valence-corrected chi connectivity index (χ4v) is 6.64. The van der Waals surface area contributed by atoms with Crippen molar-refractivity contribution in [3.8, 4) is 28.1 Å². The summed E-state index contributed by atoms with van der Waals surface area (Å²) in [5, 5.41) is 11.7. The highest BCUT2D eigenvalue weighted by molar-refractivity contribution is 7.14. The molecule has 0 saturated heterocycles. The second-order valence-electron chi connectivity index (χ2n) is 10.7. The van der Waals surface area contributed by atoms with Crippen LogP contribution >= 0.6 is 11.3 Å². The predicted molar refractivity (Wildman–Crippen MR) is 155 cm³/mol. The third-order valence-electron chi connectivity index (χ3n) is 8.01. The molecule has 41 heavy (non-hydrogen) atoms. The first-order valence-corrected chi connectivity index (χ1v) is 14.7. The molecule has 1 aromatic carbocycles. The van der Waals surface area contributed by atoms with Gasteiger partial charge in [-0.2, -0.15) is 0 Å². The first kappa shape index (κ1) is 28.7. The lowest BCUT2D eigenvalue weighted by molar-refractivity contribution is -0.140. The monoisotopic (exact) mass is 580 g/mol. The molecule has 1 atom stereocenters. The van der Waals surface area contributed by atoms with Gasteiger partial charge in [-0.3, -0.25) is 24.2 Å². The number of ether oxygens (including phenoxy) is 1. The molecule has 1 N–H and O–H groups in total. The second-order valence-corrected chi connectivity index (χ2v) is 11.6. The topological polar surface area (TPSA) is 113 Å². The van der Waals surface area contributed by atoms with Gasteiger partial charge in [-0.1, -0.05) is 25.7 Å². The molecule has 2 aliphatic rings. The van der Waals surface area contributed by atoms with Crippen LogP contribution in [0.15, 0.2) is 35.8 Å². The Kier molecular flexibility index (Phi) is 8.63. The van der Waals surface area contributed by atoms with Crippen LogP contribution in [0, 0.1) is 11.8 Å². The summed E-state index contributed by atoms with van der Waals surface area (Å²) in [7, 11) is 3.34. The summed E-state index contributed by atoms with van der Waals surface area (Å²) in [6.45, 7) is -0.981. The summed E-state index contributed by atoms with van der Waals surface area (Å²) in [6, 6.07) is 7.20. The summed E-state index contributed by atoms with van der Waals surface area (Å²) < 4.78 is 18.2. The van der Waals surface area contributed by atoms with Crippen molar-refractivity contribution in [2.24, 2.45) is 11.8 Å². The van der Waals surface area contributed by atoms with Crippen LogP contribution in [0.2, 0.25) is 0 Å². The van der Waals surface area contributed by atoms with Gasteiger partial charge in [0.15, 0.2) is 5.13 Å². The molecule has 3 heterocycles. The Labute approximate surface area is 242 Å². The van der Waals surface area contributed by atoms with Crippen LogP contribution < -0.4 is 14.5 Å². The number of halogens is 1. The molecule has 0 bridgehead atoms. The summed E-state index contributed by atoms with van der Waals surface area (Å²) >= 11 is 1.28. The zero-order valence-electron chi connectivity index (χ0n) is 23.1. The maximum Gasteiger partial charge on any atom is 0.304 e. The molecule has 1 saturated carbocycles. The minimum atomic E-state index is -0.988. The normalized spacial score (nSPS) is 16.0. The molecule has 0 spiro atoms. The van der Waals surface area contributed by atoms with Crippen molar-refractivity contribution >= 4 is 40.1 Å².